The van der Waals surface area contributed by atoms with Gasteiger partial charge in [0.05, 0.1) is 4.90 Å². The van der Waals surface area contributed by atoms with Crippen LogP contribution in [0.2, 0.25) is 0 Å². The van der Waals surface area contributed by atoms with Gasteiger partial charge in [0.1, 0.15) is 6.04 Å². The normalized spacial score (nSPS) is 13.0. The molecule has 0 fully saturated rings. The number of rotatable bonds is 7. The molecule has 0 spiro atoms. The first-order valence-electron chi connectivity index (χ1n) is 7.18. The number of hydrogen-bond acceptors (Lipinski definition) is 4. The zero-order valence-corrected chi connectivity index (χ0v) is 14.2. The Morgan fingerprint density at radius 1 is 1.35 bits per heavy atom. The molecule has 0 bridgehead atoms. The fraction of sp³-hybridized carbons (Fsp3) is 0.375. The summed E-state index contributed by atoms with van der Waals surface area (Å²) >= 11 is 0. The van der Waals surface area contributed by atoms with Gasteiger partial charge in [-0.05, 0) is 37.5 Å². The molecule has 1 aromatic carbocycles. The molecule has 0 aliphatic heterocycles. The molecule has 1 rings (SSSR count). The predicted octanol–water partition coefficient (Wildman–Crippen LogP) is 1.80. The van der Waals surface area contributed by atoms with Gasteiger partial charge in [-0.25, -0.2) is 13.2 Å². The topological polar surface area (TPSA) is 101 Å². The van der Waals surface area contributed by atoms with Crippen molar-refractivity contribution in [1.82, 2.24) is 5.32 Å². The third kappa shape index (κ3) is 5.21. The quantitative estimate of drug-likeness (QED) is 0.738. The minimum atomic E-state index is -3.47. The van der Waals surface area contributed by atoms with Gasteiger partial charge in [0, 0.05) is 11.8 Å². The van der Waals surface area contributed by atoms with Crippen molar-refractivity contribution in [3.05, 3.63) is 41.5 Å². The van der Waals surface area contributed by atoms with Crippen LogP contribution in [0.15, 0.2) is 35.2 Å². The zero-order valence-electron chi connectivity index (χ0n) is 13.4. The molecule has 7 heteroatoms. The molecule has 1 unspecified atom stereocenters. The smallest absolute Gasteiger partial charge is 0.326 e. The van der Waals surface area contributed by atoms with Crippen LogP contribution in [0.1, 0.15) is 36.2 Å². The van der Waals surface area contributed by atoms with E-state index in [4.69, 9.17) is 5.11 Å². The highest BCUT2D eigenvalue weighted by Crippen LogP contribution is 2.18. The molecule has 0 aliphatic carbocycles. The van der Waals surface area contributed by atoms with Crippen molar-refractivity contribution in [2.24, 2.45) is 0 Å². The van der Waals surface area contributed by atoms with Crippen molar-refractivity contribution >= 4 is 21.7 Å². The van der Waals surface area contributed by atoms with E-state index in [-0.39, 0.29) is 16.9 Å². The van der Waals surface area contributed by atoms with Gasteiger partial charge in [0.25, 0.3) is 5.91 Å². The van der Waals surface area contributed by atoms with Crippen molar-refractivity contribution in [3.63, 3.8) is 0 Å². The summed E-state index contributed by atoms with van der Waals surface area (Å²) in [7, 11) is -3.47. The van der Waals surface area contributed by atoms with Crippen LogP contribution in [-0.2, 0) is 21.1 Å². The molecule has 126 valence electrons. The maximum absolute atomic E-state index is 12.2. The van der Waals surface area contributed by atoms with Crippen molar-refractivity contribution in [1.29, 1.82) is 0 Å². The summed E-state index contributed by atoms with van der Waals surface area (Å²) in [5, 5.41) is 11.5. The number of sulfone groups is 1. The number of hydrogen-bond donors (Lipinski definition) is 2. The molecule has 0 heterocycles. The average Bonchev–Trinajstić information content (AvgIpc) is 2.49. The minimum absolute atomic E-state index is 0.0907. The number of benzene rings is 1. The summed E-state index contributed by atoms with van der Waals surface area (Å²) in [6, 6.07) is 3.30. The van der Waals surface area contributed by atoms with Crippen LogP contribution < -0.4 is 5.32 Å². The van der Waals surface area contributed by atoms with Gasteiger partial charge in [0.2, 0.25) is 0 Å². The van der Waals surface area contributed by atoms with E-state index < -0.39 is 27.8 Å². The Bertz CT molecular complexity index is 722. The van der Waals surface area contributed by atoms with E-state index in [9.17, 15) is 18.0 Å². The Morgan fingerprint density at radius 2 is 2.00 bits per heavy atom. The van der Waals surface area contributed by atoms with Crippen LogP contribution in [0, 0.1) is 0 Å². The number of carbonyl (C=O) groups excluding carboxylic acids is 1. The molecule has 6 nitrogen and oxygen atoms in total. The van der Waals surface area contributed by atoms with Crippen LogP contribution in [0.5, 0.6) is 0 Å². The summed E-state index contributed by atoms with van der Waals surface area (Å²) in [4.78, 5) is 23.5. The minimum Gasteiger partial charge on any atom is -0.480 e. The second-order valence-electron chi connectivity index (χ2n) is 5.12. The van der Waals surface area contributed by atoms with Crippen LogP contribution >= 0.6 is 0 Å². The molecule has 2 N–H and O–H groups in total. The number of carbonyl (C=O) groups is 2. The van der Waals surface area contributed by atoms with Crippen molar-refractivity contribution in [2.45, 2.75) is 37.6 Å². The van der Waals surface area contributed by atoms with Crippen LogP contribution in [0.3, 0.4) is 0 Å². The lowest BCUT2D eigenvalue weighted by atomic mass is 10.1. The summed E-state index contributed by atoms with van der Waals surface area (Å²) in [6.45, 7) is 3.57. The molecule has 1 amide bonds. The number of aliphatic carboxylic acids is 1. The molecule has 1 atom stereocenters. The highest BCUT2D eigenvalue weighted by molar-refractivity contribution is 7.90. The lowest BCUT2D eigenvalue weighted by molar-refractivity contribution is -0.139. The van der Waals surface area contributed by atoms with Gasteiger partial charge in [-0.2, -0.15) is 0 Å². The second kappa shape index (κ2) is 7.92. The van der Waals surface area contributed by atoms with E-state index in [1.165, 1.54) is 12.1 Å². The second-order valence-corrected chi connectivity index (χ2v) is 7.10. The lowest BCUT2D eigenvalue weighted by Crippen LogP contribution is -2.40. The van der Waals surface area contributed by atoms with E-state index >= 15 is 0 Å². The number of aryl methyl sites for hydroxylation is 1. The predicted molar refractivity (Wildman–Crippen MR) is 87.3 cm³/mol. The SMILES string of the molecule is C/C=C/CC(NC(=O)c1ccc(CC)c(S(C)(=O)=O)c1)C(=O)O. The molecule has 0 saturated heterocycles. The van der Waals surface area contributed by atoms with E-state index in [2.05, 4.69) is 5.32 Å². The maximum Gasteiger partial charge on any atom is 0.326 e. The monoisotopic (exact) mass is 339 g/mol. The molecule has 0 radical (unpaired) electrons. The number of allylic oxidation sites excluding steroid dienone is 1. The number of amides is 1. The Morgan fingerprint density at radius 3 is 2.48 bits per heavy atom. The van der Waals surface area contributed by atoms with Crippen molar-refractivity contribution in [3.8, 4) is 0 Å². The Kier molecular flexibility index (Phi) is 6.50. The van der Waals surface area contributed by atoms with E-state index in [0.29, 0.717) is 12.0 Å². The van der Waals surface area contributed by atoms with Gasteiger partial charge in [0.15, 0.2) is 9.84 Å². The molecular formula is C16H21NO5S. The van der Waals surface area contributed by atoms with Crippen LogP contribution in [0.4, 0.5) is 0 Å². The van der Waals surface area contributed by atoms with Crippen molar-refractivity contribution < 1.29 is 23.1 Å². The first kappa shape index (κ1) is 18.9. The van der Waals surface area contributed by atoms with E-state index in [0.717, 1.165) is 6.26 Å². The molecular weight excluding hydrogens is 318 g/mol. The van der Waals surface area contributed by atoms with Gasteiger partial charge in [-0.15, -0.1) is 0 Å². The number of nitrogens with one attached hydrogen (secondary N) is 1. The van der Waals surface area contributed by atoms with Gasteiger partial charge in [-0.1, -0.05) is 25.1 Å². The lowest BCUT2D eigenvalue weighted by Gasteiger charge is -2.14. The molecule has 1 aromatic rings. The van der Waals surface area contributed by atoms with Gasteiger partial charge >= 0.3 is 5.97 Å². The third-order valence-electron chi connectivity index (χ3n) is 3.32. The highest BCUT2D eigenvalue weighted by Gasteiger charge is 2.21. The van der Waals surface area contributed by atoms with Gasteiger partial charge in [-0.3, -0.25) is 4.79 Å². The largest absolute Gasteiger partial charge is 0.480 e. The van der Waals surface area contributed by atoms with E-state index in [1.54, 1.807) is 25.1 Å². The van der Waals surface area contributed by atoms with Crippen molar-refractivity contribution in [2.75, 3.05) is 6.26 Å². The molecule has 0 saturated carbocycles. The van der Waals surface area contributed by atoms with Gasteiger partial charge < -0.3 is 10.4 Å². The Balaban J connectivity index is 3.11. The summed E-state index contributed by atoms with van der Waals surface area (Å²) in [5.74, 6) is -1.76. The summed E-state index contributed by atoms with van der Waals surface area (Å²) in [6.07, 6.45) is 5.09. The summed E-state index contributed by atoms with van der Waals surface area (Å²) < 4.78 is 23.6. The average molecular weight is 339 g/mol. The zero-order chi connectivity index (χ0) is 17.6. The first-order chi connectivity index (χ1) is 10.7. The highest BCUT2D eigenvalue weighted by atomic mass is 32.2. The Hall–Kier alpha value is -2.15. The number of carboxylic acid groups (broad SMARTS) is 1. The molecule has 0 aromatic heterocycles. The molecule has 23 heavy (non-hydrogen) atoms. The van der Waals surface area contributed by atoms with Crippen LogP contribution in [0.25, 0.3) is 0 Å². The molecule has 0 aliphatic rings. The summed E-state index contributed by atoms with van der Waals surface area (Å²) in [5.41, 5.74) is 0.738. The maximum atomic E-state index is 12.2. The first-order valence-corrected chi connectivity index (χ1v) is 9.07. The standard InChI is InChI=1S/C16H21NO5S/c1-4-6-7-13(16(19)20)17-15(18)12-9-8-11(5-2)14(10-12)23(3,21)22/h4,6,8-10,13H,5,7H2,1-3H3,(H,17,18)(H,19,20)/b6-4+. The number of carboxylic acids is 1. The fourth-order valence-corrected chi connectivity index (χ4v) is 3.10. The van der Waals surface area contributed by atoms with Crippen LogP contribution in [-0.4, -0.2) is 37.7 Å². The fourth-order valence-electron chi connectivity index (χ4n) is 2.07. The van der Waals surface area contributed by atoms with E-state index in [1.807, 2.05) is 6.92 Å². The third-order valence-corrected chi connectivity index (χ3v) is 4.50. The Labute approximate surface area is 136 Å².